The molecule has 2 N–H and O–H groups in total. The van der Waals surface area contributed by atoms with Gasteiger partial charge in [-0.3, -0.25) is 20.2 Å². The molecule has 2 aliphatic heterocycles. The highest BCUT2D eigenvalue weighted by Crippen LogP contribution is 2.23. The second kappa shape index (κ2) is 8.43. The summed E-state index contributed by atoms with van der Waals surface area (Å²) in [6.07, 6.45) is 10.5. The topological polar surface area (TPSA) is 87.7 Å². The van der Waals surface area contributed by atoms with Crippen LogP contribution in [0.15, 0.2) is 77.3 Å². The smallest absolute Gasteiger partial charge is 0.328 e. The number of nitrogens with one attached hydrogen (secondary N) is 2. The Hall–Kier alpha value is -3.87. The first-order chi connectivity index (χ1) is 13.8. The summed E-state index contributed by atoms with van der Waals surface area (Å²) in [6, 6.07) is 7.28. The highest BCUT2D eigenvalue weighted by atomic mass is 16.5. The molecule has 0 unspecified atom stereocenters. The number of carbonyl (C=O) groups is 3. The van der Waals surface area contributed by atoms with E-state index >= 15 is 0 Å². The van der Waals surface area contributed by atoms with Gasteiger partial charge in [-0.1, -0.05) is 30.4 Å². The van der Waals surface area contributed by atoms with E-state index in [0.717, 1.165) is 11.3 Å². The molecule has 7 heteroatoms. The van der Waals surface area contributed by atoms with Crippen molar-refractivity contribution in [3.8, 4) is 0 Å². The molecule has 0 saturated carbocycles. The Balaban J connectivity index is 1.76. The maximum atomic E-state index is 12.0. The van der Waals surface area contributed by atoms with E-state index in [1.807, 2.05) is 55.4 Å². The summed E-state index contributed by atoms with van der Waals surface area (Å²) < 4.78 is 5.62. The highest BCUT2D eigenvalue weighted by Gasteiger charge is 2.30. The number of hydrogen-bond acceptors (Lipinski definition) is 5. The average Bonchev–Trinajstić information content (AvgIpc) is 2.64. The van der Waals surface area contributed by atoms with Gasteiger partial charge in [0.05, 0.1) is 0 Å². The van der Waals surface area contributed by atoms with E-state index in [1.54, 1.807) is 31.2 Å². The largest absolute Gasteiger partial charge is 0.462 e. The second-order valence-corrected chi connectivity index (χ2v) is 6.68. The van der Waals surface area contributed by atoms with Crippen LogP contribution in [0.1, 0.15) is 12.5 Å². The average molecular weight is 391 g/mol. The Kier molecular flexibility index (Phi) is 5.78. The number of rotatable bonds is 4. The van der Waals surface area contributed by atoms with Crippen LogP contribution in [0.25, 0.3) is 6.08 Å². The van der Waals surface area contributed by atoms with Crippen LogP contribution in [0.4, 0.5) is 10.5 Å². The summed E-state index contributed by atoms with van der Waals surface area (Å²) in [4.78, 5) is 37.3. The minimum Gasteiger partial charge on any atom is -0.462 e. The van der Waals surface area contributed by atoms with Crippen molar-refractivity contribution in [2.45, 2.75) is 6.92 Å². The summed E-state index contributed by atoms with van der Waals surface area (Å²) in [5.41, 5.74) is 2.42. The van der Waals surface area contributed by atoms with Crippen molar-refractivity contribution < 1.29 is 19.1 Å². The highest BCUT2D eigenvalue weighted by molar-refractivity contribution is 6.29. The first kappa shape index (κ1) is 19.9. The molecule has 7 nitrogen and oxygen atoms in total. The normalized spacial score (nSPS) is 17.1. The van der Waals surface area contributed by atoms with E-state index in [2.05, 4.69) is 10.6 Å². The molecular formula is C22H21N3O4. The third-order valence-electron chi connectivity index (χ3n) is 4.20. The zero-order valence-corrected chi connectivity index (χ0v) is 16.4. The van der Waals surface area contributed by atoms with Crippen molar-refractivity contribution in [3.63, 3.8) is 0 Å². The summed E-state index contributed by atoms with van der Waals surface area (Å²) >= 11 is 0. The molecular weight excluding hydrogens is 370 g/mol. The molecule has 2 heterocycles. The van der Waals surface area contributed by atoms with Gasteiger partial charge in [0.15, 0.2) is 0 Å². The fourth-order valence-corrected chi connectivity index (χ4v) is 2.81. The molecule has 0 spiro atoms. The molecule has 29 heavy (non-hydrogen) atoms. The predicted molar refractivity (Wildman–Crippen MR) is 111 cm³/mol. The standard InChI is InChI=1S/C22H21N3O4/c1-14-12-16(19-20(26)23-22(28)24-21(19)27)13-18(29-14)7-5-4-6-15-8-10-17(11-9-15)25(2)3/h4-13H,1-3H3,(H2,23,24,26,27,28)/b6-4+,7-5+. The van der Waals surface area contributed by atoms with Crippen molar-refractivity contribution in [2.24, 2.45) is 0 Å². The summed E-state index contributed by atoms with van der Waals surface area (Å²) in [6.45, 7) is 1.72. The molecule has 0 aromatic heterocycles. The summed E-state index contributed by atoms with van der Waals surface area (Å²) in [5, 5.41) is 4.14. The van der Waals surface area contributed by atoms with Gasteiger partial charge in [-0.25, -0.2) is 4.79 Å². The number of ether oxygens (including phenoxy) is 1. The van der Waals surface area contributed by atoms with E-state index in [9.17, 15) is 14.4 Å². The van der Waals surface area contributed by atoms with Crippen LogP contribution in [0.2, 0.25) is 0 Å². The monoisotopic (exact) mass is 391 g/mol. The Morgan fingerprint density at radius 1 is 0.897 bits per heavy atom. The first-order valence-electron chi connectivity index (χ1n) is 8.94. The van der Waals surface area contributed by atoms with Crippen LogP contribution < -0.4 is 15.5 Å². The zero-order chi connectivity index (χ0) is 21.0. The molecule has 148 valence electrons. The van der Waals surface area contributed by atoms with Crippen molar-refractivity contribution in [3.05, 3.63) is 82.9 Å². The van der Waals surface area contributed by atoms with Crippen LogP contribution in [0.3, 0.4) is 0 Å². The van der Waals surface area contributed by atoms with E-state index < -0.39 is 17.8 Å². The molecule has 1 fully saturated rings. The van der Waals surface area contributed by atoms with Crippen LogP contribution in [-0.4, -0.2) is 31.9 Å². The van der Waals surface area contributed by atoms with E-state index in [-0.39, 0.29) is 5.57 Å². The van der Waals surface area contributed by atoms with E-state index in [4.69, 9.17) is 4.74 Å². The number of imide groups is 2. The molecule has 2 aliphatic rings. The molecule has 1 aromatic rings. The Morgan fingerprint density at radius 3 is 2.14 bits per heavy atom. The van der Waals surface area contributed by atoms with Crippen molar-refractivity contribution in [2.75, 3.05) is 19.0 Å². The van der Waals surface area contributed by atoms with Crippen molar-refractivity contribution >= 4 is 29.6 Å². The minimum absolute atomic E-state index is 0.130. The lowest BCUT2D eigenvalue weighted by Crippen LogP contribution is -2.51. The van der Waals surface area contributed by atoms with Gasteiger partial charge in [0.1, 0.15) is 17.1 Å². The Labute approximate surface area is 168 Å². The van der Waals surface area contributed by atoms with Crippen molar-refractivity contribution in [1.82, 2.24) is 10.6 Å². The number of nitrogens with zero attached hydrogens (tertiary/aromatic N) is 1. The molecule has 1 aromatic carbocycles. The fourth-order valence-electron chi connectivity index (χ4n) is 2.81. The summed E-state index contributed by atoms with van der Waals surface area (Å²) in [5.74, 6) is -0.478. The van der Waals surface area contributed by atoms with Gasteiger partial charge in [-0.15, -0.1) is 0 Å². The van der Waals surface area contributed by atoms with Crippen LogP contribution in [0, 0.1) is 0 Å². The first-order valence-corrected chi connectivity index (χ1v) is 8.94. The minimum atomic E-state index is -0.829. The molecule has 1 saturated heterocycles. The van der Waals surface area contributed by atoms with Gasteiger partial charge in [-0.05, 0) is 48.4 Å². The molecule has 0 radical (unpaired) electrons. The number of barbiturate groups is 1. The van der Waals surface area contributed by atoms with Crippen LogP contribution in [0.5, 0.6) is 0 Å². The lowest BCUT2D eigenvalue weighted by molar-refractivity contribution is -0.124. The number of benzene rings is 1. The predicted octanol–water partition coefficient (Wildman–Crippen LogP) is 2.80. The van der Waals surface area contributed by atoms with Gasteiger partial charge >= 0.3 is 6.03 Å². The number of anilines is 1. The molecule has 0 bridgehead atoms. The molecule has 0 atom stereocenters. The SMILES string of the molecule is CC1=CC(=C2C(=O)NC(=O)NC2=O)C=C(/C=C/C=C/c2ccc(N(C)C)cc2)O1. The van der Waals surface area contributed by atoms with E-state index in [0.29, 0.717) is 17.1 Å². The lowest BCUT2D eigenvalue weighted by atomic mass is 10.0. The van der Waals surface area contributed by atoms with Crippen LogP contribution >= 0.6 is 0 Å². The van der Waals surface area contributed by atoms with Gasteiger partial charge < -0.3 is 9.64 Å². The second-order valence-electron chi connectivity index (χ2n) is 6.68. The number of hydrogen-bond donors (Lipinski definition) is 2. The van der Waals surface area contributed by atoms with E-state index in [1.165, 1.54) is 0 Å². The third-order valence-corrected chi connectivity index (χ3v) is 4.20. The van der Waals surface area contributed by atoms with Gasteiger partial charge in [-0.2, -0.15) is 0 Å². The molecule has 0 aliphatic carbocycles. The van der Waals surface area contributed by atoms with Gasteiger partial charge in [0.25, 0.3) is 11.8 Å². The lowest BCUT2D eigenvalue weighted by Gasteiger charge is -2.19. The number of amides is 4. The number of carbonyl (C=O) groups excluding carboxylic acids is 3. The third kappa shape index (κ3) is 4.90. The Morgan fingerprint density at radius 2 is 1.52 bits per heavy atom. The zero-order valence-electron chi connectivity index (χ0n) is 16.4. The maximum absolute atomic E-state index is 12.0. The number of allylic oxidation sites excluding steroid dienone is 7. The quantitative estimate of drug-likeness (QED) is 0.468. The van der Waals surface area contributed by atoms with Gasteiger partial charge in [0, 0.05) is 19.8 Å². The maximum Gasteiger partial charge on any atom is 0.328 e. The fraction of sp³-hybridized carbons (Fsp3) is 0.136. The van der Waals surface area contributed by atoms with Crippen molar-refractivity contribution in [1.29, 1.82) is 0 Å². The molecule has 3 rings (SSSR count). The Bertz CT molecular complexity index is 987. The number of urea groups is 1. The van der Waals surface area contributed by atoms with Crippen LogP contribution in [-0.2, 0) is 14.3 Å². The van der Waals surface area contributed by atoms with Gasteiger partial charge in [0.2, 0.25) is 0 Å². The molecule has 4 amide bonds. The summed E-state index contributed by atoms with van der Waals surface area (Å²) in [7, 11) is 3.98.